The van der Waals surface area contributed by atoms with E-state index in [-0.39, 0.29) is 17.4 Å². The van der Waals surface area contributed by atoms with Crippen LogP contribution in [0, 0.1) is 0 Å². The van der Waals surface area contributed by atoms with Gasteiger partial charge in [-0.2, -0.15) is 0 Å². The van der Waals surface area contributed by atoms with Crippen molar-refractivity contribution in [3.05, 3.63) is 52.1 Å². The standard InChI is InChI=1S/C18H17Cl2N3O5/c1-2-27-13-5-3-11(4-6-13)18(26)22-9-16(25)28-10-15(24)23-17-14(20)7-12(19)8-21-17/h3-8H,2,9-10H2,1H3,(H,22,26)(H,21,23,24). The molecule has 28 heavy (non-hydrogen) atoms. The van der Waals surface area contributed by atoms with Crippen molar-refractivity contribution in [1.82, 2.24) is 10.3 Å². The van der Waals surface area contributed by atoms with Crippen LogP contribution in [-0.4, -0.2) is 42.5 Å². The van der Waals surface area contributed by atoms with Crippen molar-refractivity contribution in [2.45, 2.75) is 6.92 Å². The van der Waals surface area contributed by atoms with Crippen molar-refractivity contribution in [2.24, 2.45) is 0 Å². The Hall–Kier alpha value is -2.84. The lowest BCUT2D eigenvalue weighted by atomic mass is 10.2. The second-order valence-electron chi connectivity index (χ2n) is 5.33. The first kappa shape index (κ1) is 21.5. The van der Waals surface area contributed by atoms with E-state index in [1.54, 1.807) is 24.3 Å². The summed E-state index contributed by atoms with van der Waals surface area (Å²) in [4.78, 5) is 39.3. The van der Waals surface area contributed by atoms with Crippen LogP contribution >= 0.6 is 23.2 Å². The van der Waals surface area contributed by atoms with Gasteiger partial charge in [0.25, 0.3) is 11.8 Å². The third kappa shape index (κ3) is 6.71. The number of hydrogen-bond acceptors (Lipinski definition) is 6. The van der Waals surface area contributed by atoms with Gasteiger partial charge >= 0.3 is 5.97 Å². The molecule has 0 bridgehead atoms. The number of aromatic nitrogens is 1. The van der Waals surface area contributed by atoms with Crippen LogP contribution in [0.3, 0.4) is 0 Å². The first-order valence-corrected chi connectivity index (χ1v) is 8.92. The van der Waals surface area contributed by atoms with Gasteiger partial charge in [0.05, 0.1) is 16.7 Å². The molecule has 0 unspecified atom stereocenters. The highest BCUT2D eigenvalue weighted by Gasteiger charge is 2.12. The average molecular weight is 426 g/mol. The van der Waals surface area contributed by atoms with E-state index < -0.39 is 24.4 Å². The molecular weight excluding hydrogens is 409 g/mol. The number of hydrogen-bond donors (Lipinski definition) is 2. The summed E-state index contributed by atoms with van der Waals surface area (Å²) in [6, 6.07) is 7.85. The Morgan fingerprint density at radius 1 is 1.14 bits per heavy atom. The van der Waals surface area contributed by atoms with Gasteiger partial charge in [-0.05, 0) is 37.3 Å². The van der Waals surface area contributed by atoms with Gasteiger partial charge in [-0.3, -0.25) is 14.4 Å². The topological polar surface area (TPSA) is 107 Å². The van der Waals surface area contributed by atoms with Crippen molar-refractivity contribution in [3.8, 4) is 5.75 Å². The maximum absolute atomic E-state index is 12.0. The van der Waals surface area contributed by atoms with Crippen LogP contribution < -0.4 is 15.4 Å². The number of halogens is 2. The number of pyridine rings is 1. The molecule has 2 aromatic rings. The summed E-state index contributed by atoms with van der Waals surface area (Å²) in [6.07, 6.45) is 1.31. The normalized spacial score (nSPS) is 10.1. The van der Waals surface area contributed by atoms with Crippen molar-refractivity contribution < 1.29 is 23.9 Å². The number of rotatable bonds is 8. The molecule has 8 nitrogen and oxygen atoms in total. The average Bonchev–Trinajstić information content (AvgIpc) is 2.67. The lowest BCUT2D eigenvalue weighted by Crippen LogP contribution is -2.32. The SMILES string of the molecule is CCOc1ccc(C(=O)NCC(=O)OCC(=O)Nc2ncc(Cl)cc2Cl)cc1. The molecule has 1 aromatic carbocycles. The van der Waals surface area contributed by atoms with E-state index in [4.69, 9.17) is 32.7 Å². The highest BCUT2D eigenvalue weighted by molar-refractivity contribution is 6.36. The van der Waals surface area contributed by atoms with Crippen LogP contribution in [0.25, 0.3) is 0 Å². The monoisotopic (exact) mass is 425 g/mol. The van der Waals surface area contributed by atoms with E-state index >= 15 is 0 Å². The Morgan fingerprint density at radius 3 is 2.50 bits per heavy atom. The van der Waals surface area contributed by atoms with Gasteiger partial charge < -0.3 is 20.1 Å². The fraction of sp³-hybridized carbons (Fsp3) is 0.222. The molecule has 2 N–H and O–H groups in total. The molecule has 148 valence electrons. The molecule has 2 amide bonds. The minimum absolute atomic E-state index is 0.0934. The minimum atomic E-state index is -0.774. The summed E-state index contributed by atoms with van der Waals surface area (Å²) in [6.45, 7) is 1.43. The highest BCUT2D eigenvalue weighted by atomic mass is 35.5. The van der Waals surface area contributed by atoms with E-state index in [0.717, 1.165) is 0 Å². The first-order valence-electron chi connectivity index (χ1n) is 8.16. The molecule has 0 saturated heterocycles. The molecule has 0 aliphatic rings. The summed E-state index contributed by atoms with van der Waals surface area (Å²) in [5.41, 5.74) is 0.359. The quantitative estimate of drug-likeness (QED) is 0.629. The molecule has 0 aliphatic heterocycles. The van der Waals surface area contributed by atoms with Gasteiger partial charge in [0.1, 0.15) is 12.3 Å². The van der Waals surface area contributed by atoms with E-state index in [1.165, 1.54) is 12.3 Å². The van der Waals surface area contributed by atoms with Gasteiger partial charge in [-0.1, -0.05) is 23.2 Å². The molecule has 2 rings (SSSR count). The van der Waals surface area contributed by atoms with Crippen LogP contribution in [0.15, 0.2) is 36.5 Å². The molecule has 0 radical (unpaired) electrons. The molecule has 0 fully saturated rings. The Kier molecular flexibility index (Phi) is 8.03. The number of amides is 2. The van der Waals surface area contributed by atoms with E-state index in [2.05, 4.69) is 15.6 Å². The van der Waals surface area contributed by atoms with Gasteiger partial charge in [0, 0.05) is 11.8 Å². The zero-order chi connectivity index (χ0) is 20.5. The Bertz CT molecular complexity index is 859. The number of nitrogens with zero attached hydrogens (tertiary/aromatic N) is 1. The summed E-state index contributed by atoms with van der Waals surface area (Å²) in [5.74, 6) is -1.13. The van der Waals surface area contributed by atoms with Crippen LogP contribution in [0.2, 0.25) is 10.0 Å². The Balaban J connectivity index is 1.74. The van der Waals surface area contributed by atoms with Crippen LogP contribution in [0.4, 0.5) is 5.82 Å². The second-order valence-corrected chi connectivity index (χ2v) is 6.18. The minimum Gasteiger partial charge on any atom is -0.494 e. The summed E-state index contributed by atoms with van der Waals surface area (Å²) >= 11 is 11.6. The second kappa shape index (κ2) is 10.5. The van der Waals surface area contributed by atoms with Gasteiger partial charge in [0.15, 0.2) is 12.4 Å². The maximum Gasteiger partial charge on any atom is 0.325 e. The van der Waals surface area contributed by atoms with Gasteiger partial charge in [0.2, 0.25) is 0 Å². The number of benzene rings is 1. The predicted molar refractivity (Wildman–Crippen MR) is 104 cm³/mol. The van der Waals surface area contributed by atoms with Crippen LogP contribution in [-0.2, 0) is 14.3 Å². The van der Waals surface area contributed by atoms with Crippen LogP contribution in [0.5, 0.6) is 5.75 Å². The largest absolute Gasteiger partial charge is 0.494 e. The maximum atomic E-state index is 12.0. The third-order valence-electron chi connectivity index (χ3n) is 3.25. The molecular formula is C18H17Cl2N3O5. The van der Waals surface area contributed by atoms with Crippen molar-refractivity contribution in [2.75, 3.05) is 25.1 Å². The van der Waals surface area contributed by atoms with Crippen molar-refractivity contribution in [3.63, 3.8) is 0 Å². The van der Waals surface area contributed by atoms with E-state index in [0.29, 0.717) is 22.9 Å². The third-order valence-corrected chi connectivity index (χ3v) is 3.75. The molecule has 1 aromatic heterocycles. The lowest BCUT2D eigenvalue weighted by Gasteiger charge is -2.08. The summed E-state index contributed by atoms with van der Waals surface area (Å²) < 4.78 is 10.1. The molecule has 0 spiro atoms. The lowest BCUT2D eigenvalue weighted by molar-refractivity contribution is -0.146. The number of anilines is 1. The number of carbonyl (C=O) groups excluding carboxylic acids is 3. The number of esters is 1. The predicted octanol–water partition coefficient (Wildman–Crippen LogP) is 2.70. The zero-order valence-electron chi connectivity index (χ0n) is 14.8. The molecule has 10 heteroatoms. The Labute approximate surface area is 171 Å². The number of ether oxygens (including phenoxy) is 2. The number of carbonyl (C=O) groups is 3. The highest BCUT2D eigenvalue weighted by Crippen LogP contribution is 2.22. The fourth-order valence-corrected chi connectivity index (χ4v) is 2.42. The molecule has 0 atom stereocenters. The van der Waals surface area contributed by atoms with Gasteiger partial charge in [-0.25, -0.2) is 4.98 Å². The van der Waals surface area contributed by atoms with E-state index in [9.17, 15) is 14.4 Å². The molecule has 0 aliphatic carbocycles. The zero-order valence-corrected chi connectivity index (χ0v) is 16.3. The summed E-state index contributed by atoms with van der Waals surface area (Å²) in [5, 5.41) is 5.25. The smallest absolute Gasteiger partial charge is 0.325 e. The summed E-state index contributed by atoms with van der Waals surface area (Å²) in [7, 11) is 0. The molecule has 1 heterocycles. The first-order chi connectivity index (χ1) is 13.4. The fourth-order valence-electron chi connectivity index (χ4n) is 2.00. The number of nitrogens with one attached hydrogen (secondary N) is 2. The Morgan fingerprint density at radius 2 is 1.86 bits per heavy atom. The van der Waals surface area contributed by atoms with E-state index in [1.807, 2.05) is 6.92 Å². The van der Waals surface area contributed by atoms with Crippen molar-refractivity contribution >= 4 is 46.8 Å². The molecule has 0 saturated carbocycles. The van der Waals surface area contributed by atoms with Gasteiger partial charge in [-0.15, -0.1) is 0 Å². The van der Waals surface area contributed by atoms with Crippen molar-refractivity contribution in [1.29, 1.82) is 0 Å². The van der Waals surface area contributed by atoms with Crippen LogP contribution in [0.1, 0.15) is 17.3 Å².